The second kappa shape index (κ2) is 37.0. The van der Waals surface area contributed by atoms with Gasteiger partial charge in [-0.2, -0.15) is 0 Å². The molecule has 0 radical (unpaired) electrons. The first kappa shape index (κ1) is 73.4. The summed E-state index contributed by atoms with van der Waals surface area (Å²) in [5, 5.41) is 35.1. The van der Waals surface area contributed by atoms with Gasteiger partial charge in [0, 0.05) is 70.6 Å². The standard InChI is InChI=1S/C21H22N2O3.C20H21N3O3.C13H14N2O3.C7H6BF3O3.H3NO.Na.H2O/c1-16-6-5-7-17(14-16)15-22-12-13-23(21(22)25)19-9-4-3-8-18(19)10-11-20(24)26-2;1-15-5-4-6-16(13-15)14-22-11-12-23(20(22)25)18-8-3-2-7-17(18)9-10-19(24)21-26;1-18-12(16)7-6-10-4-2-3-5-11(10)15-9-8-14-13(15)17;9-7(10,11)14-6-3-1-5(2-4-6)8(12)13;1-2;;/h3-11,14H,12-13,15H2,1-2H3;2-10,13,26H,11-12,14H2,1H3,(H,21,24);2-7H,8-9H2,1H3,(H,14,17);1-4,12-13H;2H,1H2;;1H2/q;;;;;+1;/p-1/b11-10+;10-9+;7-6+;;;;. The number of amides is 7. The molecule has 6 aromatic carbocycles. The molecule has 6 aromatic rings. The smallest absolute Gasteiger partial charge is 0.870 e. The number of hydrogen-bond donors (Lipinski definition) is 7. The van der Waals surface area contributed by atoms with E-state index in [1.165, 1.54) is 43.6 Å². The maximum Gasteiger partial charge on any atom is 1.00 e. The van der Waals surface area contributed by atoms with Gasteiger partial charge < -0.3 is 50.1 Å². The molecule has 3 aliphatic heterocycles. The Labute approximate surface area is 529 Å². The maximum atomic E-state index is 12.9. The number of alkyl halides is 3. The molecule has 0 unspecified atom stereocenters. The number of ether oxygens (including phenoxy) is 3. The number of methoxy groups -OCH3 is 2. The van der Waals surface area contributed by atoms with E-state index in [1.54, 1.807) is 38.4 Å². The molecule has 3 aliphatic rings. The van der Waals surface area contributed by atoms with Crippen molar-refractivity contribution in [1.82, 2.24) is 20.6 Å². The molecule has 9 N–H and O–H groups in total. The van der Waals surface area contributed by atoms with Crippen molar-refractivity contribution in [3.8, 4) is 5.75 Å². The van der Waals surface area contributed by atoms with Crippen LogP contribution in [0.15, 0.2) is 164 Å². The van der Waals surface area contributed by atoms with Crippen molar-refractivity contribution in [2.75, 3.05) is 68.2 Å². The second-order valence-electron chi connectivity index (χ2n) is 18.8. The van der Waals surface area contributed by atoms with E-state index in [0.717, 1.165) is 69.1 Å². The molecule has 3 heterocycles. The van der Waals surface area contributed by atoms with Crippen molar-refractivity contribution in [3.05, 3.63) is 203 Å². The Hall–Kier alpha value is -8.83. The number of nitrogens with zero attached hydrogens (tertiary/aromatic N) is 5. The fraction of sp³-hybridized carbons (Fsp3) is 0.213. The number of esters is 2. The Bertz CT molecular complexity index is 3220. The van der Waals surface area contributed by atoms with Gasteiger partial charge in [0.15, 0.2) is 0 Å². The van der Waals surface area contributed by atoms with E-state index in [4.69, 9.17) is 20.5 Å². The molecule has 460 valence electrons. The van der Waals surface area contributed by atoms with E-state index in [0.29, 0.717) is 52.4 Å². The van der Waals surface area contributed by atoms with E-state index in [2.05, 4.69) is 37.6 Å². The maximum absolute atomic E-state index is 12.9. The largest absolute Gasteiger partial charge is 1.00 e. The number of benzene rings is 6. The zero-order chi connectivity index (χ0) is 62.8. The minimum atomic E-state index is -4.74. The number of para-hydroxylation sites is 3. The summed E-state index contributed by atoms with van der Waals surface area (Å²) in [6.07, 6.45) is 4.10. The third kappa shape index (κ3) is 22.8. The van der Waals surface area contributed by atoms with Crippen LogP contribution in [0.3, 0.4) is 0 Å². The van der Waals surface area contributed by atoms with Crippen molar-refractivity contribution >= 4 is 83.8 Å². The van der Waals surface area contributed by atoms with Crippen LogP contribution in [-0.2, 0) is 36.9 Å². The number of hydroxylamine groups is 1. The third-order valence-corrected chi connectivity index (χ3v) is 12.8. The Kier molecular flexibility index (Phi) is 30.9. The Balaban J connectivity index is 0.000000309. The minimum Gasteiger partial charge on any atom is -0.870 e. The van der Waals surface area contributed by atoms with Gasteiger partial charge in [0.2, 0.25) is 0 Å². The molecular weight excluding hydrogens is 1160 g/mol. The Morgan fingerprint density at radius 2 is 1.01 bits per heavy atom. The summed E-state index contributed by atoms with van der Waals surface area (Å²) in [4.78, 5) is 79.8. The van der Waals surface area contributed by atoms with Crippen molar-refractivity contribution in [1.29, 1.82) is 0 Å². The average molecular weight is 1230 g/mol. The van der Waals surface area contributed by atoms with Crippen LogP contribution in [0.5, 0.6) is 5.75 Å². The number of nitrogens with two attached hydrogens (primary N) is 1. The summed E-state index contributed by atoms with van der Waals surface area (Å²) < 4.78 is 47.8. The normalized spacial score (nSPS) is 13.4. The van der Waals surface area contributed by atoms with Crippen LogP contribution in [-0.4, -0.2) is 139 Å². The number of halogens is 3. The number of nitrogens with one attached hydrogen (secondary N) is 2. The molecular formula is C61H67BF3N8NaO14. The fourth-order valence-electron chi connectivity index (χ4n) is 8.79. The van der Waals surface area contributed by atoms with Gasteiger partial charge in [-0.1, -0.05) is 126 Å². The van der Waals surface area contributed by atoms with Crippen LogP contribution >= 0.6 is 0 Å². The van der Waals surface area contributed by atoms with Gasteiger partial charge in [-0.3, -0.25) is 24.7 Å². The van der Waals surface area contributed by atoms with E-state index in [1.807, 2.05) is 133 Å². The second-order valence-corrected chi connectivity index (χ2v) is 18.8. The fourth-order valence-corrected chi connectivity index (χ4v) is 8.79. The molecule has 0 aromatic heterocycles. The number of carbonyl (C=O) groups is 6. The summed E-state index contributed by atoms with van der Waals surface area (Å²) in [5.74, 6) is 1.64. The van der Waals surface area contributed by atoms with Crippen molar-refractivity contribution in [2.24, 2.45) is 5.90 Å². The van der Waals surface area contributed by atoms with Crippen LogP contribution in [0, 0.1) is 13.8 Å². The average Bonchev–Trinajstić information content (AvgIpc) is 4.21. The molecule has 0 atom stereocenters. The number of carbonyl (C=O) groups excluding carboxylic acids is 6. The Morgan fingerprint density at radius 1 is 0.602 bits per heavy atom. The molecule has 7 amide bonds. The molecule has 0 spiro atoms. The third-order valence-electron chi connectivity index (χ3n) is 12.8. The predicted octanol–water partition coefficient (Wildman–Crippen LogP) is 4.41. The van der Waals surface area contributed by atoms with E-state index < -0.39 is 37.1 Å². The zero-order valence-corrected chi connectivity index (χ0v) is 50.9. The molecule has 0 aliphatic carbocycles. The molecule has 27 heteroatoms. The summed E-state index contributed by atoms with van der Waals surface area (Å²) in [5.41, 5.74) is 10.9. The first-order valence-corrected chi connectivity index (χ1v) is 26.5. The van der Waals surface area contributed by atoms with Gasteiger partial charge >= 0.3 is 73.1 Å². The summed E-state index contributed by atoms with van der Waals surface area (Å²) in [6.45, 7) is 9.02. The quantitative estimate of drug-likeness (QED) is 0.0246. The van der Waals surface area contributed by atoms with Crippen LogP contribution in [0.2, 0.25) is 0 Å². The van der Waals surface area contributed by atoms with E-state index in [9.17, 15) is 41.9 Å². The van der Waals surface area contributed by atoms with Gasteiger partial charge in [0.25, 0.3) is 5.91 Å². The molecule has 9 rings (SSSR count). The molecule has 0 bridgehead atoms. The van der Waals surface area contributed by atoms with Gasteiger partial charge in [0.1, 0.15) is 5.75 Å². The number of urea groups is 3. The molecule has 3 fully saturated rings. The van der Waals surface area contributed by atoms with Gasteiger partial charge in [-0.05, 0) is 95.7 Å². The first-order chi connectivity index (χ1) is 41.3. The van der Waals surface area contributed by atoms with Crippen LogP contribution in [0.4, 0.5) is 44.6 Å². The van der Waals surface area contributed by atoms with Crippen LogP contribution in [0.1, 0.15) is 38.9 Å². The summed E-state index contributed by atoms with van der Waals surface area (Å²) >= 11 is 0. The van der Waals surface area contributed by atoms with Gasteiger partial charge in [-0.25, -0.2) is 35.3 Å². The first-order valence-electron chi connectivity index (χ1n) is 26.5. The monoisotopic (exact) mass is 1230 g/mol. The SMILES string of the molecule is COC(=O)/C=C/c1ccccc1N1CCN(Cc2cccc(C)c2)C1=O.COC(=O)/C=C/c1ccccc1N1CCNC1=O.Cc1cccc(CN2CCN(c3ccccc3/C=C/C(=O)NO)C2=O)c1.NO.OB(O)c1ccc(OC(F)(F)F)cc1.[Na+].[OH-]. The molecule has 3 saturated heterocycles. The van der Waals surface area contributed by atoms with Crippen molar-refractivity contribution in [2.45, 2.75) is 33.3 Å². The summed E-state index contributed by atoms with van der Waals surface area (Å²) in [7, 11) is 0.966. The van der Waals surface area contributed by atoms with Crippen molar-refractivity contribution < 1.29 is 112 Å². The molecule has 22 nitrogen and oxygen atoms in total. The predicted molar refractivity (Wildman–Crippen MR) is 321 cm³/mol. The van der Waals surface area contributed by atoms with Gasteiger partial charge in [-0.15, -0.1) is 13.2 Å². The zero-order valence-electron chi connectivity index (χ0n) is 48.9. The number of rotatable bonds is 15. The van der Waals surface area contributed by atoms with Gasteiger partial charge in [0.05, 0.1) is 31.3 Å². The molecule has 0 saturated carbocycles. The molecule has 88 heavy (non-hydrogen) atoms. The van der Waals surface area contributed by atoms with E-state index >= 15 is 0 Å². The summed E-state index contributed by atoms with van der Waals surface area (Å²) in [6, 6.07) is 42.7. The van der Waals surface area contributed by atoms with Crippen LogP contribution in [0.25, 0.3) is 18.2 Å². The number of anilines is 3. The van der Waals surface area contributed by atoms with Crippen molar-refractivity contribution in [3.63, 3.8) is 0 Å². The number of aryl methyl sites for hydroxylation is 2. The Morgan fingerprint density at radius 3 is 1.38 bits per heavy atom. The topological polar surface area (TPSA) is 307 Å². The number of hydrogen-bond acceptors (Lipinski definition) is 15. The van der Waals surface area contributed by atoms with E-state index in [-0.39, 0.29) is 58.6 Å². The van der Waals surface area contributed by atoms with Crippen LogP contribution < -0.4 is 71.2 Å². The minimum absolute atomic E-state index is 0.